The van der Waals surface area contributed by atoms with E-state index in [-0.39, 0.29) is 11.9 Å². The molecular weight excluding hydrogens is 277 g/mol. The molecule has 0 spiro atoms. The van der Waals surface area contributed by atoms with Crippen LogP contribution in [0.15, 0.2) is 36.5 Å². The van der Waals surface area contributed by atoms with Gasteiger partial charge in [0.05, 0.1) is 16.7 Å². The third-order valence-electron chi connectivity index (χ3n) is 3.32. The van der Waals surface area contributed by atoms with Crippen molar-refractivity contribution >= 4 is 22.5 Å². The molecule has 0 amide bonds. The van der Waals surface area contributed by atoms with Crippen molar-refractivity contribution in [3.05, 3.63) is 52.9 Å². The average molecular weight is 290 g/mol. The summed E-state index contributed by atoms with van der Waals surface area (Å²) in [4.78, 5) is 0. The number of nitrogens with one attached hydrogen (secondary N) is 1. The Kier molecular flexibility index (Phi) is 3.20. The van der Waals surface area contributed by atoms with Gasteiger partial charge in [-0.3, -0.25) is 5.10 Å². The lowest BCUT2D eigenvalue weighted by Gasteiger charge is -2.15. The summed E-state index contributed by atoms with van der Waals surface area (Å²) in [5.74, 6) is -0.291. The molecule has 0 aliphatic carbocycles. The van der Waals surface area contributed by atoms with E-state index < -0.39 is 0 Å². The fourth-order valence-corrected chi connectivity index (χ4v) is 2.66. The molecule has 0 aliphatic rings. The maximum absolute atomic E-state index is 13.5. The van der Waals surface area contributed by atoms with E-state index in [9.17, 15) is 4.39 Å². The Morgan fingerprint density at radius 3 is 2.85 bits per heavy atom. The Balaban J connectivity index is 2.40. The topological polar surface area (TPSA) is 54.7 Å². The zero-order chi connectivity index (χ0) is 14.3. The van der Waals surface area contributed by atoms with Crippen molar-refractivity contribution in [2.75, 3.05) is 0 Å². The van der Waals surface area contributed by atoms with Crippen molar-refractivity contribution < 1.29 is 4.39 Å². The normalized spacial score (nSPS) is 12.8. The molecule has 0 saturated carbocycles. The summed E-state index contributed by atoms with van der Waals surface area (Å²) in [5, 5.41) is 8.34. The molecule has 1 heterocycles. The summed E-state index contributed by atoms with van der Waals surface area (Å²) in [6, 6.07) is 8.01. The molecule has 3 N–H and O–H groups in total. The van der Waals surface area contributed by atoms with Crippen LogP contribution in [0, 0.1) is 5.82 Å². The van der Waals surface area contributed by atoms with Gasteiger partial charge >= 0.3 is 0 Å². The van der Waals surface area contributed by atoms with E-state index in [0.29, 0.717) is 5.02 Å². The average Bonchev–Trinajstić information content (AvgIpc) is 2.88. The van der Waals surface area contributed by atoms with Gasteiger partial charge in [0.1, 0.15) is 5.82 Å². The van der Waals surface area contributed by atoms with Gasteiger partial charge in [0.2, 0.25) is 0 Å². The molecule has 3 rings (SSSR count). The first-order chi connectivity index (χ1) is 9.58. The third kappa shape index (κ3) is 2.07. The van der Waals surface area contributed by atoms with Crippen LogP contribution >= 0.6 is 11.6 Å². The first kappa shape index (κ1) is 13.1. The predicted molar refractivity (Wildman–Crippen MR) is 79.1 cm³/mol. The zero-order valence-corrected chi connectivity index (χ0v) is 11.6. The lowest BCUT2D eigenvalue weighted by molar-refractivity contribution is 0.628. The van der Waals surface area contributed by atoms with E-state index >= 15 is 0 Å². The Labute approximate surface area is 120 Å². The van der Waals surface area contributed by atoms with Crippen LogP contribution in [0.5, 0.6) is 0 Å². The largest absolute Gasteiger partial charge is 0.324 e. The Bertz CT molecular complexity index is 780. The molecule has 1 atom stereocenters. The molecule has 1 aromatic heterocycles. The summed E-state index contributed by atoms with van der Waals surface area (Å²) in [7, 11) is 0. The fraction of sp³-hybridized carbons (Fsp3) is 0.133. The highest BCUT2D eigenvalue weighted by molar-refractivity contribution is 6.36. The van der Waals surface area contributed by atoms with Crippen molar-refractivity contribution in [3.63, 3.8) is 0 Å². The maximum atomic E-state index is 13.5. The number of aromatic nitrogens is 2. The van der Waals surface area contributed by atoms with E-state index in [1.165, 1.54) is 12.1 Å². The molecule has 0 saturated heterocycles. The van der Waals surface area contributed by atoms with E-state index in [4.69, 9.17) is 17.3 Å². The van der Waals surface area contributed by atoms with Crippen LogP contribution in [0.25, 0.3) is 22.0 Å². The van der Waals surface area contributed by atoms with Gasteiger partial charge in [0.25, 0.3) is 0 Å². The van der Waals surface area contributed by atoms with Crippen LogP contribution in [0.2, 0.25) is 5.02 Å². The highest BCUT2D eigenvalue weighted by atomic mass is 35.5. The number of hydrogen-bond acceptors (Lipinski definition) is 2. The Morgan fingerprint density at radius 2 is 2.15 bits per heavy atom. The van der Waals surface area contributed by atoms with Gasteiger partial charge in [-0.25, -0.2) is 4.39 Å². The number of benzene rings is 2. The number of nitrogens with zero attached hydrogens (tertiary/aromatic N) is 1. The second-order valence-corrected chi connectivity index (χ2v) is 5.19. The minimum absolute atomic E-state index is 0.224. The summed E-state index contributed by atoms with van der Waals surface area (Å²) >= 11 is 6.25. The van der Waals surface area contributed by atoms with Gasteiger partial charge < -0.3 is 5.73 Å². The van der Waals surface area contributed by atoms with Gasteiger partial charge in [-0.15, -0.1) is 0 Å². The molecular formula is C15H13ClFN3. The van der Waals surface area contributed by atoms with Crippen LogP contribution in [0.4, 0.5) is 4.39 Å². The molecule has 3 nitrogen and oxygen atoms in total. The van der Waals surface area contributed by atoms with Gasteiger partial charge in [0, 0.05) is 17.0 Å². The summed E-state index contributed by atoms with van der Waals surface area (Å²) in [5.41, 5.74) is 9.26. The van der Waals surface area contributed by atoms with Crippen molar-refractivity contribution in [3.8, 4) is 11.1 Å². The first-order valence-corrected chi connectivity index (χ1v) is 6.62. The predicted octanol–water partition coefficient (Wildman–Crippen LogP) is 4.04. The van der Waals surface area contributed by atoms with Gasteiger partial charge in [-0.05, 0) is 36.2 Å². The van der Waals surface area contributed by atoms with Crippen LogP contribution in [-0.4, -0.2) is 10.2 Å². The second-order valence-electron chi connectivity index (χ2n) is 4.78. The summed E-state index contributed by atoms with van der Waals surface area (Å²) in [6.07, 6.45) is 1.66. The highest BCUT2D eigenvalue weighted by Gasteiger charge is 2.17. The Morgan fingerprint density at radius 1 is 1.35 bits per heavy atom. The molecule has 0 fully saturated rings. The SMILES string of the molecule is CC(N)c1cc(Cl)c2cn[nH]c2c1-c1cccc(F)c1. The highest BCUT2D eigenvalue weighted by Crippen LogP contribution is 2.37. The molecule has 20 heavy (non-hydrogen) atoms. The quantitative estimate of drug-likeness (QED) is 0.748. The lowest BCUT2D eigenvalue weighted by Crippen LogP contribution is -2.07. The van der Waals surface area contributed by atoms with E-state index in [2.05, 4.69) is 10.2 Å². The fourth-order valence-electron chi connectivity index (χ4n) is 2.40. The van der Waals surface area contributed by atoms with Crippen LogP contribution in [0.1, 0.15) is 18.5 Å². The number of nitrogens with two attached hydrogens (primary N) is 1. The first-order valence-electron chi connectivity index (χ1n) is 6.25. The summed E-state index contributed by atoms with van der Waals surface area (Å²) < 4.78 is 13.5. The number of fused-ring (bicyclic) bond motifs is 1. The minimum Gasteiger partial charge on any atom is -0.324 e. The van der Waals surface area contributed by atoms with Crippen LogP contribution < -0.4 is 5.73 Å². The number of rotatable bonds is 2. The van der Waals surface area contributed by atoms with Gasteiger partial charge in [-0.2, -0.15) is 5.10 Å². The van der Waals surface area contributed by atoms with E-state index in [1.54, 1.807) is 12.3 Å². The molecule has 0 bridgehead atoms. The van der Waals surface area contributed by atoms with Gasteiger partial charge in [-0.1, -0.05) is 23.7 Å². The number of halogens is 2. The molecule has 5 heteroatoms. The third-order valence-corrected chi connectivity index (χ3v) is 3.63. The van der Waals surface area contributed by atoms with E-state index in [1.807, 2.05) is 19.1 Å². The molecule has 2 aromatic carbocycles. The molecule has 1 unspecified atom stereocenters. The van der Waals surface area contributed by atoms with Crippen LogP contribution in [0.3, 0.4) is 0 Å². The minimum atomic E-state index is -0.291. The van der Waals surface area contributed by atoms with Crippen molar-refractivity contribution in [1.29, 1.82) is 0 Å². The van der Waals surface area contributed by atoms with E-state index in [0.717, 1.165) is 27.6 Å². The molecule has 0 aliphatic heterocycles. The molecule has 102 valence electrons. The van der Waals surface area contributed by atoms with Crippen molar-refractivity contribution in [2.45, 2.75) is 13.0 Å². The van der Waals surface area contributed by atoms with Crippen molar-refractivity contribution in [2.24, 2.45) is 5.73 Å². The van der Waals surface area contributed by atoms with Crippen molar-refractivity contribution in [1.82, 2.24) is 10.2 Å². The Hall–Kier alpha value is -1.91. The molecule has 0 radical (unpaired) electrons. The van der Waals surface area contributed by atoms with Crippen LogP contribution in [-0.2, 0) is 0 Å². The molecule has 3 aromatic rings. The second kappa shape index (κ2) is 4.89. The number of hydrogen-bond donors (Lipinski definition) is 2. The smallest absolute Gasteiger partial charge is 0.123 e. The van der Waals surface area contributed by atoms with Gasteiger partial charge in [0.15, 0.2) is 0 Å². The number of H-pyrrole nitrogens is 1. The zero-order valence-electron chi connectivity index (χ0n) is 10.8. The standard InChI is InChI=1S/C15H13ClFN3/c1-8(18)11-6-13(16)12-7-19-20-15(12)14(11)9-3-2-4-10(17)5-9/h2-8H,18H2,1H3,(H,19,20). The maximum Gasteiger partial charge on any atom is 0.123 e. The monoisotopic (exact) mass is 289 g/mol. The number of aromatic amines is 1. The summed E-state index contributed by atoms with van der Waals surface area (Å²) in [6.45, 7) is 1.87. The lowest BCUT2D eigenvalue weighted by atomic mass is 9.93.